The highest BCUT2D eigenvalue weighted by atomic mass is 16.5. The Morgan fingerprint density at radius 1 is 1.14 bits per heavy atom. The molecular weight excluding hydrogens is 278 g/mol. The van der Waals surface area contributed by atoms with Crippen LogP contribution in [0.15, 0.2) is 18.2 Å². The first-order valence-corrected chi connectivity index (χ1v) is 8.18. The Morgan fingerprint density at radius 3 is 2.55 bits per heavy atom. The number of benzene rings is 1. The lowest BCUT2D eigenvalue weighted by Crippen LogP contribution is -2.37. The highest BCUT2D eigenvalue weighted by Crippen LogP contribution is 2.22. The molecule has 120 valence electrons. The highest BCUT2D eigenvalue weighted by molar-refractivity contribution is 5.83. The van der Waals surface area contributed by atoms with Crippen molar-refractivity contribution in [2.75, 3.05) is 19.7 Å². The van der Waals surface area contributed by atoms with Crippen molar-refractivity contribution in [1.29, 1.82) is 0 Å². The van der Waals surface area contributed by atoms with Crippen molar-refractivity contribution in [3.05, 3.63) is 34.9 Å². The fourth-order valence-electron chi connectivity index (χ4n) is 2.92. The fraction of sp³-hybridized carbons (Fsp3) is 0.556. The van der Waals surface area contributed by atoms with Gasteiger partial charge >= 0.3 is 5.97 Å². The van der Waals surface area contributed by atoms with E-state index in [4.69, 9.17) is 4.74 Å². The average Bonchev–Trinajstić information content (AvgIpc) is 2.52. The molecule has 1 aromatic rings. The third-order valence-electron chi connectivity index (χ3n) is 4.13. The summed E-state index contributed by atoms with van der Waals surface area (Å²) < 4.78 is 4.92. The van der Waals surface area contributed by atoms with Gasteiger partial charge in [-0.3, -0.25) is 9.59 Å². The van der Waals surface area contributed by atoms with Gasteiger partial charge in [0.25, 0.3) is 0 Å². The molecule has 0 aromatic heterocycles. The van der Waals surface area contributed by atoms with Gasteiger partial charge < -0.3 is 9.64 Å². The molecule has 0 N–H and O–H groups in total. The van der Waals surface area contributed by atoms with Gasteiger partial charge in [-0.1, -0.05) is 18.2 Å². The van der Waals surface area contributed by atoms with Crippen molar-refractivity contribution in [2.24, 2.45) is 0 Å². The second-order valence-electron chi connectivity index (χ2n) is 5.70. The summed E-state index contributed by atoms with van der Waals surface area (Å²) in [6.45, 7) is 4.54. The third-order valence-corrected chi connectivity index (χ3v) is 4.13. The van der Waals surface area contributed by atoms with Crippen molar-refractivity contribution >= 4 is 11.9 Å². The molecule has 0 unspecified atom stereocenters. The minimum Gasteiger partial charge on any atom is -0.465 e. The first kappa shape index (κ1) is 16.5. The van der Waals surface area contributed by atoms with Crippen molar-refractivity contribution in [1.82, 2.24) is 4.90 Å². The van der Waals surface area contributed by atoms with E-state index in [0.717, 1.165) is 18.4 Å². The summed E-state index contributed by atoms with van der Waals surface area (Å²) >= 11 is 0. The minimum absolute atomic E-state index is 0.0219. The molecule has 0 bridgehead atoms. The number of hydrogen-bond donors (Lipinski definition) is 0. The number of amides is 1. The smallest absolute Gasteiger partial charge is 0.325 e. The van der Waals surface area contributed by atoms with Crippen LogP contribution in [-0.2, 0) is 33.6 Å². The standard InChI is InChI=1S/C18H25NO3/c1-3-19(13-18(21)22-4-2)17(20)12-14-9-10-15-7-5-6-8-16(15)11-14/h9-11H,3-8,12-13H2,1-2H3. The summed E-state index contributed by atoms with van der Waals surface area (Å²) in [5, 5.41) is 0. The van der Waals surface area contributed by atoms with Gasteiger partial charge in [-0.2, -0.15) is 0 Å². The number of hydrogen-bond acceptors (Lipinski definition) is 3. The molecule has 0 saturated carbocycles. The maximum absolute atomic E-state index is 12.4. The zero-order valence-electron chi connectivity index (χ0n) is 13.6. The van der Waals surface area contributed by atoms with Crippen LogP contribution >= 0.6 is 0 Å². The number of carbonyl (C=O) groups is 2. The van der Waals surface area contributed by atoms with Crippen LogP contribution in [0.1, 0.15) is 43.4 Å². The normalized spacial score (nSPS) is 13.4. The molecule has 0 aliphatic heterocycles. The highest BCUT2D eigenvalue weighted by Gasteiger charge is 2.17. The Bertz CT molecular complexity index is 539. The van der Waals surface area contributed by atoms with Crippen LogP contribution in [0.2, 0.25) is 0 Å². The molecule has 0 fully saturated rings. The number of ether oxygens (including phenoxy) is 1. The lowest BCUT2D eigenvalue weighted by Gasteiger charge is -2.21. The molecule has 4 nitrogen and oxygen atoms in total. The number of likely N-dealkylation sites (N-methyl/N-ethyl adjacent to an activating group) is 1. The molecule has 0 spiro atoms. The molecule has 22 heavy (non-hydrogen) atoms. The number of nitrogens with zero attached hydrogens (tertiary/aromatic N) is 1. The lowest BCUT2D eigenvalue weighted by atomic mass is 9.90. The van der Waals surface area contributed by atoms with Gasteiger partial charge in [0.2, 0.25) is 5.91 Å². The zero-order chi connectivity index (χ0) is 15.9. The second-order valence-corrected chi connectivity index (χ2v) is 5.70. The van der Waals surface area contributed by atoms with E-state index in [1.54, 1.807) is 11.8 Å². The molecule has 0 radical (unpaired) electrons. The summed E-state index contributed by atoms with van der Waals surface area (Å²) in [7, 11) is 0. The first-order chi connectivity index (χ1) is 10.6. The van der Waals surface area contributed by atoms with E-state index in [-0.39, 0.29) is 18.4 Å². The second kappa shape index (κ2) is 7.97. The van der Waals surface area contributed by atoms with Crippen LogP contribution in [0.4, 0.5) is 0 Å². The van der Waals surface area contributed by atoms with Crippen LogP contribution in [0, 0.1) is 0 Å². The molecule has 4 heteroatoms. The number of fused-ring (bicyclic) bond motifs is 1. The molecule has 2 rings (SSSR count). The Kier molecular flexibility index (Phi) is 5.99. The largest absolute Gasteiger partial charge is 0.465 e. The van der Waals surface area contributed by atoms with Gasteiger partial charge in [-0.25, -0.2) is 0 Å². The van der Waals surface area contributed by atoms with E-state index in [1.807, 2.05) is 13.0 Å². The van der Waals surface area contributed by atoms with E-state index in [2.05, 4.69) is 12.1 Å². The zero-order valence-corrected chi connectivity index (χ0v) is 13.6. The molecule has 0 heterocycles. The molecule has 1 aromatic carbocycles. The van der Waals surface area contributed by atoms with Gasteiger partial charge in [0.05, 0.1) is 13.0 Å². The van der Waals surface area contributed by atoms with Gasteiger partial charge in [-0.05, 0) is 56.2 Å². The van der Waals surface area contributed by atoms with Crippen LogP contribution in [0.5, 0.6) is 0 Å². The molecule has 1 aliphatic carbocycles. The maximum atomic E-state index is 12.4. The summed E-state index contributed by atoms with van der Waals surface area (Å²) in [4.78, 5) is 25.5. The van der Waals surface area contributed by atoms with Crippen molar-refractivity contribution < 1.29 is 14.3 Å². The summed E-state index contributed by atoms with van der Waals surface area (Å²) in [5.41, 5.74) is 3.83. The van der Waals surface area contributed by atoms with E-state index >= 15 is 0 Å². The van der Waals surface area contributed by atoms with Crippen LogP contribution in [-0.4, -0.2) is 36.5 Å². The molecule has 1 amide bonds. The summed E-state index contributed by atoms with van der Waals surface area (Å²) in [6, 6.07) is 6.35. The SMILES string of the molecule is CCOC(=O)CN(CC)C(=O)Cc1ccc2c(c1)CCCC2. The topological polar surface area (TPSA) is 46.6 Å². The summed E-state index contributed by atoms with van der Waals surface area (Å²) in [6.07, 6.45) is 5.09. The van der Waals surface area contributed by atoms with E-state index < -0.39 is 0 Å². The monoisotopic (exact) mass is 303 g/mol. The van der Waals surface area contributed by atoms with E-state index in [0.29, 0.717) is 19.6 Å². The quantitative estimate of drug-likeness (QED) is 0.759. The predicted molar refractivity (Wildman–Crippen MR) is 85.7 cm³/mol. The van der Waals surface area contributed by atoms with Gasteiger partial charge in [0.15, 0.2) is 0 Å². The Balaban J connectivity index is 1.99. The third kappa shape index (κ3) is 4.33. The number of aryl methyl sites for hydroxylation is 2. The Labute approximate surface area is 132 Å². The van der Waals surface area contributed by atoms with Gasteiger partial charge in [0, 0.05) is 6.54 Å². The fourth-order valence-corrected chi connectivity index (χ4v) is 2.92. The maximum Gasteiger partial charge on any atom is 0.325 e. The Morgan fingerprint density at radius 2 is 1.86 bits per heavy atom. The minimum atomic E-state index is -0.344. The van der Waals surface area contributed by atoms with Crippen LogP contribution in [0.3, 0.4) is 0 Å². The van der Waals surface area contributed by atoms with Crippen LogP contribution < -0.4 is 0 Å². The first-order valence-electron chi connectivity index (χ1n) is 8.18. The van der Waals surface area contributed by atoms with Gasteiger partial charge in [-0.15, -0.1) is 0 Å². The Hall–Kier alpha value is -1.84. The van der Waals surface area contributed by atoms with E-state index in [1.165, 1.54) is 24.0 Å². The van der Waals surface area contributed by atoms with Crippen molar-refractivity contribution in [3.8, 4) is 0 Å². The number of carbonyl (C=O) groups excluding carboxylic acids is 2. The predicted octanol–water partition coefficient (Wildman–Crippen LogP) is 2.52. The van der Waals surface area contributed by atoms with Gasteiger partial charge in [0.1, 0.15) is 6.54 Å². The number of esters is 1. The van der Waals surface area contributed by atoms with Crippen molar-refractivity contribution in [2.45, 2.75) is 46.0 Å². The molecular formula is C18H25NO3. The molecule has 1 aliphatic rings. The van der Waals surface area contributed by atoms with Crippen molar-refractivity contribution in [3.63, 3.8) is 0 Å². The lowest BCUT2D eigenvalue weighted by molar-refractivity contribution is -0.148. The number of rotatable bonds is 6. The van der Waals surface area contributed by atoms with Crippen LogP contribution in [0.25, 0.3) is 0 Å². The molecule has 0 atom stereocenters. The van der Waals surface area contributed by atoms with E-state index in [9.17, 15) is 9.59 Å². The average molecular weight is 303 g/mol. The summed E-state index contributed by atoms with van der Waals surface area (Å²) in [5.74, 6) is -0.366. The molecule has 0 saturated heterocycles.